The zero-order valence-electron chi connectivity index (χ0n) is 78.8. The van der Waals surface area contributed by atoms with Gasteiger partial charge in [-0.25, -0.2) is 87.1 Å². The molecule has 0 unspecified atom stereocenters. The van der Waals surface area contributed by atoms with E-state index in [2.05, 4.69) is 86.5 Å². The number of likely N-dealkylation sites (tertiary alicyclic amines) is 1. The lowest BCUT2D eigenvalue weighted by atomic mass is 9.97. The van der Waals surface area contributed by atoms with Crippen LogP contribution in [0.3, 0.4) is 0 Å². The molecule has 0 bridgehead atoms. The quantitative estimate of drug-likeness (QED) is 0.0159. The smallest absolute Gasteiger partial charge is 0.267 e. The molecule has 0 radical (unpaired) electrons. The first-order chi connectivity index (χ1) is 69.3. The number of hydrogen-bond acceptors (Lipinski definition) is 24. The standard InChI is InChI=1S/C23H20ClF2N3O3S.C22H19ClFN3O3S.C20H16F2N4O2.C19H16Cl2N4O4S.C17H17ClN4O2/c1-12-9-27-21(29-23(30)14-3-4-14)8-16(12)17-10-28-22(24)18(13(17)2)11-33(31,32)20-6-5-15(25)7-19(20)26;1-13-17(12-31(29,30)20-5-4-18(23)10-19(20)24)8-16(11-26-13)15-6-7-25-21(9-15)27-22(28)14-2-3-14;1-11-16(20(28)26-18-4-3-15(21)9-17(18)22)7-14(10-24-11)13-5-6-23-19(8-13)25-12(2)27;1-11(26)24-18-8-12(5-6-22-18)13-7-17(19(29-2)23-10-13)30(27,28)25-16-9-14(20)3-4-15(16)21;1-10-8-19-15(21-11(2)23)7-13(10)12-6-14(16(18)20-9-12)17(24)22-4-3-5-22/h5-10,14H,3-4,11H2,1-2H3,(H,27,29,30);4-11,14H,2-3,12H2,1H3,(H,25,27,28);3-10H,1-2H3,(H,26,28)(H,23,25,27);3-10,25H,1-2H3,(H,22,24,26);6-9H,3-5H2,1-2H3,(H,19,21,23). The minimum Gasteiger partial charge on any atom is -0.480 e. The number of pyridine rings is 10. The summed E-state index contributed by atoms with van der Waals surface area (Å²) in [5.41, 5.74) is 11.1. The Balaban J connectivity index is 0.000000153. The Morgan fingerprint density at radius 3 is 1.41 bits per heavy atom. The van der Waals surface area contributed by atoms with Gasteiger partial charge in [0.1, 0.15) is 83.2 Å². The Bertz CT molecular complexity index is 7860. The van der Waals surface area contributed by atoms with Crippen LogP contribution < -0.4 is 41.4 Å². The molecule has 0 atom stereocenters. The predicted molar refractivity (Wildman–Crippen MR) is 545 cm³/mol. The Morgan fingerprint density at radius 1 is 0.404 bits per heavy atom. The Hall–Kier alpha value is -14.8. The molecule has 14 aromatic rings. The number of methoxy groups -OCH3 is 1. The second-order valence-corrected chi connectivity index (χ2v) is 41.0. The van der Waals surface area contributed by atoms with E-state index >= 15 is 0 Å². The van der Waals surface area contributed by atoms with Crippen LogP contribution in [0.25, 0.3) is 55.6 Å². The van der Waals surface area contributed by atoms with Crippen molar-refractivity contribution in [3.05, 3.63) is 312 Å². The van der Waals surface area contributed by atoms with Crippen LogP contribution in [-0.4, -0.2) is 142 Å². The van der Waals surface area contributed by atoms with E-state index in [1.165, 1.54) is 76.9 Å². The van der Waals surface area contributed by atoms with E-state index in [-0.39, 0.29) is 101 Å². The Labute approximate surface area is 859 Å². The van der Waals surface area contributed by atoms with Crippen molar-refractivity contribution in [2.24, 2.45) is 11.8 Å². The van der Waals surface area contributed by atoms with Gasteiger partial charge >= 0.3 is 0 Å². The number of sulfonamides is 1. The second-order valence-electron chi connectivity index (χ2n) is 33.4. The van der Waals surface area contributed by atoms with Crippen molar-refractivity contribution >= 4 is 170 Å². The van der Waals surface area contributed by atoms with Crippen LogP contribution in [0.5, 0.6) is 5.88 Å². The van der Waals surface area contributed by atoms with E-state index in [1.54, 1.807) is 136 Å². The molecule has 3 aliphatic rings. The average Bonchev–Trinajstić information content (AvgIpc) is 0.916. The van der Waals surface area contributed by atoms with Gasteiger partial charge in [-0.05, 0) is 250 Å². The molecule has 7 amide bonds. The lowest BCUT2D eigenvalue weighted by Gasteiger charge is -2.31. The van der Waals surface area contributed by atoms with Gasteiger partial charge < -0.3 is 41.5 Å². The summed E-state index contributed by atoms with van der Waals surface area (Å²) in [6, 6.07) is 33.1. The predicted octanol–water partition coefficient (Wildman–Crippen LogP) is 20.7. The molecule has 1 saturated heterocycles. The molecule has 11 heterocycles. The maximum absolute atomic E-state index is 14.2. The molecule has 0 spiro atoms. The summed E-state index contributed by atoms with van der Waals surface area (Å²) in [6.45, 7) is 14.4. The normalized spacial score (nSPS) is 12.5. The molecule has 1 aliphatic heterocycles. The van der Waals surface area contributed by atoms with Crippen LogP contribution in [0.2, 0.25) is 25.4 Å². The summed E-state index contributed by atoms with van der Waals surface area (Å²) in [5, 5.41) is 16.6. The van der Waals surface area contributed by atoms with Gasteiger partial charge in [0, 0.05) is 169 Å². The number of aryl methyl sites for hydroxylation is 4. The highest BCUT2D eigenvalue weighted by Gasteiger charge is 2.34. The number of ether oxygens (including phenoxy) is 1. The van der Waals surface area contributed by atoms with Crippen molar-refractivity contribution in [3.63, 3.8) is 0 Å². The van der Waals surface area contributed by atoms with E-state index in [4.69, 9.17) is 62.7 Å². The molecule has 146 heavy (non-hydrogen) atoms. The summed E-state index contributed by atoms with van der Waals surface area (Å²) in [5.74, 6) is -5.20. The summed E-state index contributed by atoms with van der Waals surface area (Å²) in [7, 11) is -10.9. The lowest BCUT2D eigenvalue weighted by molar-refractivity contribution is -0.118. The molecule has 32 nitrogen and oxygen atoms in total. The fourth-order valence-corrected chi connectivity index (χ4v) is 19.6. The summed E-state index contributed by atoms with van der Waals surface area (Å²) in [4.78, 5) is 125. The highest BCUT2D eigenvalue weighted by Crippen LogP contribution is 2.40. The van der Waals surface area contributed by atoms with Gasteiger partial charge in [0.05, 0.1) is 51.8 Å². The van der Waals surface area contributed by atoms with Crippen LogP contribution in [0, 0.1) is 75.5 Å². The number of anilines is 7. The van der Waals surface area contributed by atoms with Gasteiger partial charge in [0.25, 0.3) is 21.8 Å². The molecule has 45 heteroatoms. The van der Waals surface area contributed by atoms with Crippen LogP contribution in [0.1, 0.15) is 113 Å². The first kappa shape index (κ1) is 108. The van der Waals surface area contributed by atoms with E-state index in [9.17, 15) is 80.8 Å². The minimum atomic E-state index is -4.18. The summed E-state index contributed by atoms with van der Waals surface area (Å²) in [6.07, 6.45) is 20.2. The van der Waals surface area contributed by atoms with Crippen molar-refractivity contribution in [3.8, 4) is 61.5 Å². The monoisotopic (exact) mass is 2140 g/mol. The number of nitrogens with one attached hydrogen (secondary N) is 7. The number of carbonyl (C=O) groups excluding carboxylic acids is 7. The van der Waals surface area contributed by atoms with Gasteiger partial charge in [-0.3, -0.25) is 48.3 Å². The average molecular weight is 2150 g/mol. The third kappa shape index (κ3) is 28.5. The molecule has 754 valence electrons. The zero-order chi connectivity index (χ0) is 106. The van der Waals surface area contributed by atoms with Gasteiger partial charge in [-0.15, -0.1) is 0 Å². The highest BCUT2D eigenvalue weighted by molar-refractivity contribution is 7.93. The Kier molecular flexibility index (Phi) is 35.2. The van der Waals surface area contributed by atoms with E-state index in [1.807, 2.05) is 13.8 Å². The molecule has 17 rings (SSSR count). The highest BCUT2D eigenvalue weighted by atomic mass is 35.5. The maximum Gasteiger partial charge on any atom is 0.267 e. The number of amides is 7. The van der Waals surface area contributed by atoms with Gasteiger partial charge in [0.15, 0.2) is 19.7 Å². The number of halogens is 10. The zero-order valence-corrected chi connectivity index (χ0v) is 85.0. The number of hydrogen-bond donors (Lipinski definition) is 7. The van der Waals surface area contributed by atoms with Crippen LogP contribution >= 0.6 is 58.0 Å². The van der Waals surface area contributed by atoms with Crippen molar-refractivity contribution in [2.45, 2.75) is 114 Å². The largest absolute Gasteiger partial charge is 0.480 e. The molecule has 4 aromatic carbocycles. The first-order valence-corrected chi connectivity index (χ1v) is 50.9. The molecular formula is C101H88Cl5F5N18O14S3. The fraction of sp³-hybridized carbons (Fsp3) is 0.198. The van der Waals surface area contributed by atoms with Gasteiger partial charge in [0.2, 0.25) is 35.4 Å². The van der Waals surface area contributed by atoms with E-state index in [0.29, 0.717) is 113 Å². The topological polar surface area (TPSA) is 447 Å². The maximum atomic E-state index is 14.2. The Morgan fingerprint density at radius 2 is 0.870 bits per heavy atom. The van der Waals surface area contributed by atoms with Gasteiger partial charge in [-0.2, -0.15) is 0 Å². The van der Waals surface area contributed by atoms with E-state index in [0.717, 1.165) is 109 Å². The molecule has 2 saturated carbocycles. The molecule has 10 aromatic heterocycles. The van der Waals surface area contributed by atoms with Crippen molar-refractivity contribution < 1.29 is 85.5 Å². The SMILES string of the molecule is CC(=O)Nc1cc(-c2cnc(C)c(C(=O)Nc3ccc(F)cc3F)c2)ccn1.CC(=O)Nc1cc(-c2cnc(Cl)c(C(=O)N3CCC3)c2)c(C)cn1.COc1ncc(-c2ccnc(NC(C)=O)c2)cc1S(=O)(=O)Nc1cc(Cl)ccc1Cl.Cc1cnc(NC(=O)C2CC2)cc1-c1cnc(Cl)c(CS(=O)(=O)c2ccc(F)cc2F)c1C.Cc1ncc(-c2ccnc(NC(=O)C3CC3)c2)cc1CS(=O)(=O)c1ccc(Cl)cc1F. The number of rotatable bonds is 25. The minimum absolute atomic E-state index is 0.0131. The lowest BCUT2D eigenvalue weighted by Crippen LogP contribution is -2.42. The number of benzene rings is 4. The van der Waals surface area contributed by atoms with Crippen LogP contribution in [0.4, 0.5) is 62.4 Å². The van der Waals surface area contributed by atoms with E-state index < -0.39 is 86.0 Å². The summed E-state index contributed by atoms with van der Waals surface area (Å²) < 4.78 is 153. The van der Waals surface area contributed by atoms with Crippen LogP contribution in [0.15, 0.2) is 222 Å². The van der Waals surface area contributed by atoms with Crippen molar-refractivity contribution in [1.82, 2.24) is 54.7 Å². The second kappa shape index (κ2) is 47.4. The number of carbonyl (C=O) groups is 7. The molecule has 7 N–H and O–H groups in total. The third-order valence-corrected chi connectivity index (χ3v) is 28.5. The number of aromatic nitrogens is 10. The molecule has 2 aliphatic carbocycles. The molecular weight excluding hydrogens is 2060 g/mol. The number of nitrogens with zero attached hydrogens (tertiary/aromatic N) is 11. The van der Waals surface area contributed by atoms with Gasteiger partial charge in [-0.1, -0.05) is 58.0 Å². The van der Waals surface area contributed by atoms with Crippen LogP contribution in [-0.2, 0) is 65.2 Å². The summed E-state index contributed by atoms with van der Waals surface area (Å²) >= 11 is 30.1. The third-order valence-electron chi connectivity index (χ3n) is 22.3. The fourth-order valence-electron chi connectivity index (χ4n) is 14.3. The van der Waals surface area contributed by atoms with Crippen molar-refractivity contribution in [2.75, 3.05) is 56.8 Å². The van der Waals surface area contributed by atoms with Crippen molar-refractivity contribution in [1.29, 1.82) is 0 Å². The molecule has 3 fully saturated rings. The number of sulfone groups is 2. The first-order valence-electron chi connectivity index (χ1n) is 44.2.